The molecule has 1 aliphatic heterocycles. The predicted octanol–water partition coefficient (Wildman–Crippen LogP) is 2.75. The van der Waals surface area contributed by atoms with E-state index in [-0.39, 0.29) is 5.54 Å². The molecule has 2 rings (SSSR count). The largest absolute Gasteiger partial charge is 0.381 e. The standard InChI is InChI=1S/C14H25N3OS/c1-14(2,3)15-8-4-7-12-16-17-13(19-12)11-6-5-9-18-10-11/h11,15H,4-10H2,1-3H3. The van der Waals surface area contributed by atoms with Crippen LogP contribution in [0, 0.1) is 0 Å². The maximum atomic E-state index is 5.51. The Bertz CT molecular complexity index is 380. The van der Waals surface area contributed by atoms with Gasteiger partial charge < -0.3 is 10.1 Å². The maximum absolute atomic E-state index is 5.51. The van der Waals surface area contributed by atoms with E-state index >= 15 is 0 Å². The van der Waals surface area contributed by atoms with Crippen LogP contribution in [0.4, 0.5) is 0 Å². The number of ether oxygens (including phenoxy) is 1. The maximum Gasteiger partial charge on any atom is 0.122 e. The molecule has 0 bridgehead atoms. The van der Waals surface area contributed by atoms with Crippen molar-refractivity contribution >= 4 is 11.3 Å². The van der Waals surface area contributed by atoms with Crippen LogP contribution in [0.5, 0.6) is 0 Å². The molecule has 19 heavy (non-hydrogen) atoms. The van der Waals surface area contributed by atoms with Crippen LogP contribution in [0.25, 0.3) is 0 Å². The number of rotatable bonds is 5. The summed E-state index contributed by atoms with van der Waals surface area (Å²) in [6, 6.07) is 0. The average molecular weight is 283 g/mol. The molecule has 108 valence electrons. The summed E-state index contributed by atoms with van der Waals surface area (Å²) in [5.41, 5.74) is 0.200. The molecule has 0 radical (unpaired) electrons. The summed E-state index contributed by atoms with van der Waals surface area (Å²) >= 11 is 1.77. The zero-order valence-corrected chi connectivity index (χ0v) is 13.1. The van der Waals surface area contributed by atoms with Crippen molar-refractivity contribution in [2.75, 3.05) is 19.8 Å². The van der Waals surface area contributed by atoms with Crippen molar-refractivity contribution in [3.8, 4) is 0 Å². The van der Waals surface area contributed by atoms with E-state index in [2.05, 4.69) is 36.3 Å². The molecule has 0 saturated carbocycles. The van der Waals surface area contributed by atoms with E-state index in [1.807, 2.05) is 0 Å². The first-order valence-electron chi connectivity index (χ1n) is 7.20. The fourth-order valence-electron chi connectivity index (χ4n) is 2.17. The Morgan fingerprint density at radius 1 is 1.37 bits per heavy atom. The summed E-state index contributed by atoms with van der Waals surface area (Å²) < 4.78 is 5.51. The minimum Gasteiger partial charge on any atom is -0.381 e. The first kappa shape index (κ1) is 14.9. The summed E-state index contributed by atoms with van der Waals surface area (Å²) in [6.07, 6.45) is 4.48. The van der Waals surface area contributed by atoms with Gasteiger partial charge in [-0.1, -0.05) is 0 Å². The Morgan fingerprint density at radius 2 is 2.21 bits per heavy atom. The minimum atomic E-state index is 0.200. The van der Waals surface area contributed by atoms with Crippen molar-refractivity contribution in [1.29, 1.82) is 0 Å². The van der Waals surface area contributed by atoms with E-state index < -0.39 is 0 Å². The Hall–Kier alpha value is -0.520. The highest BCUT2D eigenvalue weighted by Crippen LogP contribution is 2.28. The van der Waals surface area contributed by atoms with Gasteiger partial charge in [0.25, 0.3) is 0 Å². The van der Waals surface area contributed by atoms with Gasteiger partial charge in [0.1, 0.15) is 10.0 Å². The second kappa shape index (κ2) is 6.77. The molecular weight excluding hydrogens is 258 g/mol. The topological polar surface area (TPSA) is 47.0 Å². The lowest BCUT2D eigenvalue weighted by atomic mass is 10.0. The number of aryl methyl sites for hydroxylation is 1. The number of nitrogens with zero attached hydrogens (tertiary/aromatic N) is 2. The molecule has 0 spiro atoms. The predicted molar refractivity (Wildman–Crippen MR) is 78.8 cm³/mol. The van der Waals surface area contributed by atoms with Gasteiger partial charge in [-0.05, 0) is 46.6 Å². The van der Waals surface area contributed by atoms with Crippen LogP contribution in [0.3, 0.4) is 0 Å². The lowest BCUT2D eigenvalue weighted by Gasteiger charge is -2.20. The van der Waals surface area contributed by atoms with Gasteiger partial charge in [0, 0.05) is 24.5 Å². The second-order valence-corrected chi connectivity index (χ2v) is 7.32. The molecule has 1 unspecified atom stereocenters. The van der Waals surface area contributed by atoms with Crippen LogP contribution in [0.2, 0.25) is 0 Å². The summed E-state index contributed by atoms with van der Waals surface area (Å²) in [5.74, 6) is 0.479. The molecule has 1 aromatic heterocycles. The molecule has 4 nitrogen and oxygen atoms in total. The van der Waals surface area contributed by atoms with Gasteiger partial charge in [-0.25, -0.2) is 0 Å². The number of hydrogen-bond acceptors (Lipinski definition) is 5. The normalized spacial score (nSPS) is 20.7. The van der Waals surface area contributed by atoms with E-state index in [0.717, 1.165) is 44.0 Å². The fraction of sp³-hybridized carbons (Fsp3) is 0.857. The molecule has 0 aromatic carbocycles. The minimum absolute atomic E-state index is 0.200. The summed E-state index contributed by atoms with van der Waals surface area (Å²) in [5, 5.41) is 14.5. The summed E-state index contributed by atoms with van der Waals surface area (Å²) in [7, 11) is 0. The third-order valence-electron chi connectivity index (χ3n) is 3.21. The first-order valence-corrected chi connectivity index (χ1v) is 8.01. The molecule has 1 aliphatic rings. The molecule has 1 atom stereocenters. The van der Waals surface area contributed by atoms with Crippen molar-refractivity contribution in [2.24, 2.45) is 0 Å². The Balaban J connectivity index is 1.74. The number of nitrogens with one attached hydrogen (secondary N) is 1. The molecule has 5 heteroatoms. The zero-order valence-electron chi connectivity index (χ0n) is 12.2. The van der Waals surface area contributed by atoms with Crippen molar-refractivity contribution in [1.82, 2.24) is 15.5 Å². The van der Waals surface area contributed by atoms with Crippen LogP contribution in [-0.4, -0.2) is 35.5 Å². The monoisotopic (exact) mass is 283 g/mol. The fourth-order valence-corrected chi connectivity index (χ4v) is 3.17. The Morgan fingerprint density at radius 3 is 2.89 bits per heavy atom. The van der Waals surface area contributed by atoms with Crippen LogP contribution in [0.1, 0.15) is 56.0 Å². The van der Waals surface area contributed by atoms with Gasteiger partial charge in [0.05, 0.1) is 6.61 Å². The highest BCUT2D eigenvalue weighted by molar-refractivity contribution is 7.11. The van der Waals surface area contributed by atoms with Crippen LogP contribution in [-0.2, 0) is 11.2 Å². The third kappa shape index (κ3) is 5.16. The summed E-state index contributed by atoms with van der Waals surface area (Å²) in [6.45, 7) is 9.34. The van der Waals surface area contributed by atoms with Gasteiger partial charge in [0.2, 0.25) is 0 Å². The third-order valence-corrected chi connectivity index (χ3v) is 4.36. The molecule has 2 heterocycles. The summed E-state index contributed by atoms with van der Waals surface area (Å²) in [4.78, 5) is 0. The smallest absolute Gasteiger partial charge is 0.122 e. The van der Waals surface area contributed by atoms with Gasteiger partial charge in [0.15, 0.2) is 0 Å². The van der Waals surface area contributed by atoms with Crippen LogP contribution in [0.15, 0.2) is 0 Å². The average Bonchev–Trinajstić information content (AvgIpc) is 2.83. The second-order valence-electron chi connectivity index (χ2n) is 6.23. The van der Waals surface area contributed by atoms with Crippen molar-refractivity contribution in [3.63, 3.8) is 0 Å². The van der Waals surface area contributed by atoms with E-state index in [0.29, 0.717) is 5.92 Å². The molecule has 1 saturated heterocycles. The van der Waals surface area contributed by atoms with Crippen molar-refractivity contribution in [2.45, 2.75) is 57.9 Å². The Labute approximate surface area is 120 Å². The van der Waals surface area contributed by atoms with Crippen LogP contribution < -0.4 is 5.32 Å². The Kier molecular flexibility index (Phi) is 5.30. The lowest BCUT2D eigenvalue weighted by molar-refractivity contribution is 0.0802. The highest BCUT2D eigenvalue weighted by Gasteiger charge is 2.20. The lowest BCUT2D eigenvalue weighted by Crippen LogP contribution is -2.36. The highest BCUT2D eigenvalue weighted by atomic mass is 32.1. The van der Waals surface area contributed by atoms with E-state index in [1.165, 1.54) is 11.4 Å². The molecule has 1 aromatic rings. The van der Waals surface area contributed by atoms with Gasteiger partial charge in [-0.3, -0.25) is 0 Å². The molecular formula is C14H25N3OS. The van der Waals surface area contributed by atoms with E-state index in [4.69, 9.17) is 4.74 Å². The SMILES string of the molecule is CC(C)(C)NCCCc1nnc(C2CCCOC2)s1. The van der Waals surface area contributed by atoms with Crippen molar-refractivity contribution in [3.05, 3.63) is 10.0 Å². The molecule has 1 N–H and O–H groups in total. The molecule has 0 aliphatic carbocycles. The van der Waals surface area contributed by atoms with E-state index in [1.54, 1.807) is 11.3 Å². The quantitative estimate of drug-likeness (QED) is 0.844. The molecule has 1 fully saturated rings. The number of aromatic nitrogens is 2. The number of hydrogen-bond donors (Lipinski definition) is 1. The van der Waals surface area contributed by atoms with Gasteiger partial charge in [-0.2, -0.15) is 0 Å². The van der Waals surface area contributed by atoms with E-state index in [9.17, 15) is 0 Å². The van der Waals surface area contributed by atoms with Gasteiger partial charge in [-0.15, -0.1) is 21.5 Å². The van der Waals surface area contributed by atoms with Crippen LogP contribution >= 0.6 is 11.3 Å². The first-order chi connectivity index (χ1) is 9.04. The zero-order chi connectivity index (χ0) is 13.7. The van der Waals surface area contributed by atoms with Gasteiger partial charge >= 0.3 is 0 Å². The molecule has 0 amide bonds. The van der Waals surface area contributed by atoms with Crippen molar-refractivity contribution < 1.29 is 4.74 Å².